The molecule has 1 N–H and O–H groups in total. The average molecular weight is 406 g/mol. The standard InChI is InChI=1S/C19H27N5O3S/c1-11(2)24-16(25)15-12(3)14(10-22-7-6-21-18(22)20-4)28-17(15)23(19(24)26)9-13-5-8-27-13/h11,13H,5-10H2,1-4H3,(H,20,21). The van der Waals surface area contributed by atoms with E-state index >= 15 is 0 Å². The van der Waals surface area contributed by atoms with E-state index in [0.717, 1.165) is 47.3 Å². The van der Waals surface area contributed by atoms with E-state index in [1.54, 1.807) is 23.0 Å². The number of hydrogen-bond donors (Lipinski definition) is 1. The second kappa shape index (κ2) is 7.36. The molecule has 4 heterocycles. The highest BCUT2D eigenvalue weighted by Gasteiger charge is 2.27. The van der Waals surface area contributed by atoms with Crippen molar-refractivity contribution in [1.82, 2.24) is 19.4 Å². The summed E-state index contributed by atoms with van der Waals surface area (Å²) in [6.07, 6.45) is 0.994. The van der Waals surface area contributed by atoms with Gasteiger partial charge in [0.15, 0.2) is 5.96 Å². The number of fused-ring (bicyclic) bond motifs is 1. The SMILES string of the molecule is C/N=C1\NCCN1Cc1sc2c(c1C)c(=O)n(C(C)C)c(=O)n2CC1CCO1. The number of guanidine groups is 1. The van der Waals surface area contributed by atoms with Crippen LogP contribution in [0.1, 0.15) is 36.8 Å². The number of aromatic nitrogens is 2. The van der Waals surface area contributed by atoms with Crippen molar-refractivity contribution in [2.75, 3.05) is 26.7 Å². The molecule has 1 unspecified atom stereocenters. The van der Waals surface area contributed by atoms with Gasteiger partial charge < -0.3 is 15.0 Å². The number of rotatable bonds is 5. The fourth-order valence-electron chi connectivity index (χ4n) is 3.88. The summed E-state index contributed by atoms with van der Waals surface area (Å²) in [5, 5.41) is 3.93. The summed E-state index contributed by atoms with van der Waals surface area (Å²) in [4.78, 5) is 34.6. The summed E-state index contributed by atoms with van der Waals surface area (Å²) in [5.41, 5.74) is 0.532. The predicted molar refractivity (Wildman–Crippen MR) is 112 cm³/mol. The van der Waals surface area contributed by atoms with Crippen molar-refractivity contribution >= 4 is 27.5 Å². The lowest BCUT2D eigenvalue weighted by Gasteiger charge is -2.27. The van der Waals surface area contributed by atoms with Crippen molar-refractivity contribution in [3.63, 3.8) is 0 Å². The normalized spacial score (nSPS) is 21.0. The molecule has 2 aromatic rings. The maximum atomic E-state index is 13.2. The molecule has 0 saturated carbocycles. The smallest absolute Gasteiger partial charge is 0.332 e. The van der Waals surface area contributed by atoms with Gasteiger partial charge in [-0.05, 0) is 32.8 Å². The van der Waals surface area contributed by atoms with Gasteiger partial charge in [-0.3, -0.25) is 18.9 Å². The van der Waals surface area contributed by atoms with E-state index in [4.69, 9.17) is 4.74 Å². The van der Waals surface area contributed by atoms with E-state index in [0.29, 0.717) is 18.5 Å². The van der Waals surface area contributed by atoms with Crippen LogP contribution in [0.2, 0.25) is 0 Å². The van der Waals surface area contributed by atoms with Gasteiger partial charge in [0.1, 0.15) is 4.83 Å². The molecule has 0 aliphatic carbocycles. The first-order chi connectivity index (χ1) is 13.4. The zero-order valence-corrected chi connectivity index (χ0v) is 17.6. The van der Waals surface area contributed by atoms with Crippen LogP contribution in [-0.2, 0) is 17.8 Å². The fourth-order valence-corrected chi connectivity index (χ4v) is 5.19. The first-order valence-electron chi connectivity index (χ1n) is 9.76. The van der Waals surface area contributed by atoms with E-state index < -0.39 is 0 Å². The van der Waals surface area contributed by atoms with Crippen LogP contribution >= 0.6 is 11.3 Å². The van der Waals surface area contributed by atoms with Gasteiger partial charge in [-0.2, -0.15) is 0 Å². The zero-order chi connectivity index (χ0) is 20.0. The Kier molecular flexibility index (Phi) is 5.05. The van der Waals surface area contributed by atoms with Crippen LogP contribution in [0.3, 0.4) is 0 Å². The molecule has 2 aliphatic heterocycles. The summed E-state index contributed by atoms with van der Waals surface area (Å²) in [6, 6.07) is -0.192. The Morgan fingerprint density at radius 1 is 1.36 bits per heavy atom. The topological polar surface area (TPSA) is 80.9 Å². The van der Waals surface area contributed by atoms with E-state index in [2.05, 4.69) is 15.2 Å². The summed E-state index contributed by atoms with van der Waals surface area (Å²) >= 11 is 1.54. The molecule has 152 valence electrons. The summed E-state index contributed by atoms with van der Waals surface area (Å²) in [7, 11) is 1.77. The Hall–Kier alpha value is -2.13. The maximum Gasteiger partial charge on any atom is 0.332 e. The molecule has 2 aromatic heterocycles. The largest absolute Gasteiger partial charge is 0.376 e. The Morgan fingerprint density at radius 3 is 2.71 bits per heavy atom. The van der Waals surface area contributed by atoms with Crippen molar-refractivity contribution in [2.45, 2.75) is 52.4 Å². The Bertz CT molecular complexity index is 1040. The maximum absolute atomic E-state index is 13.2. The lowest BCUT2D eigenvalue weighted by atomic mass is 10.1. The van der Waals surface area contributed by atoms with Crippen LogP contribution in [0.15, 0.2) is 14.6 Å². The second-order valence-electron chi connectivity index (χ2n) is 7.67. The highest BCUT2D eigenvalue weighted by Crippen LogP contribution is 2.30. The van der Waals surface area contributed by atoms with Gasteiger partial charge in [0, 0.05) is 37.7 Å². The number of ether oxygens (including phenoxy) is 1. The number of nitrogens with zero attached hydrogens (tertiary/aromatic N) is 4. The van der Waals surface area contributed by atoms with Crippen molar-refractivity contribution in [3.8, 4) is 0 Å². The summed E-state index contributed by atoms with van der Waals surface area (Å²) in [5.74, 6) is 0.872. The van der Waals surface area contributed by atoms with Crippen molar-refractivity contribution in [3.05, 3.63) is 31.3 Å². The first-order valence-corrected chi connectivity index (χ1v) is 10.6. The molecule has 0 spiro atoms. The molecular weight excluding hydrogens is 378 g/mol. The molecule has 0 aromatic carbocycles. The minimum absolute atomic E-state index is 0.0477. The molecule has 28 heavy (non-hydrogen) atoms. The molecular formula is C19H27N5O3S. The van der Waals surface area contributed by atoms with Crippen LogP contribution in [0, 0.1) is 6.92 Å². The molecule has 8 nitrogen and oxygen atoms in total. The van der Waals surface area contributed by atoms with Crippen LogP contribution in [0.5, 0.6) is 0 Å². The van der Waals surface area contributed by atoms with E-state index in [1.165, 1.54) is 4.57 Å². The van der Waals surface area contributed by atoms with Gasteiger partial charge in [-0.15, -0.1) is 11.3 Å². The fraction of sp³-hybridized carbons (Fsp3) is 0.632. The van der Waals surface area contributed by atoms with Gasteiger partial charge >= 0.3 is 5.69 Å². The Morgan fingerprint density at radius 2 is 2.11 bits per heavy atom. The van der Waals surface area contributed by atoms with Crippen molar-refractivity contribution in [1.29, 1.82) is 0 Å². The molecule has 2 aliphatic rings. The van der Waals surface area contributed by atoms with Crippen LogP contribution < -0.4 is 16.6 Å². The number of thiophene rings is 1. The van der Waals surface area contributed by atoms with Crippen molar-refractivity contribution < 1.29 is 4.74 Å². The Balaban J connectivity index is 1.87. The summed E-state index contributed by atoms with van der Waals surface area (Å²) in [6.45, 7) is 9.39. The molecule has 0 amide bonds. The van der Waals surface area contributed by atoms with E-state index in [-0.39, 0.29) is 23.4 Å². The molecule has 4 rings (SSSR count). The predicted octanol–water partition coefficient (Wildman–Crippen LogP) is 1.29. The average Bonchev–Trinajstić information content (AvgIpc) is 3.18. The minimum Gasteiger partial charge on any atom is -0.376 e. The van der Waals surface area contributed by atoms with Crippen molar-refractivity contribution in [2.24, 2.45) is 4.99 Å². The van der Waals surface area contributed by atoms with Gasteiger partial charge in [0.25, 0.3) is 5.56 Å². The van der Waals surface area contributed by atoms with Crippen LogP contribution in [0.4, 0.5) is 0 Å². The molecule has 0 radical (unpaired) electrons. The Labute approximate surface area is 167 Å². The van der Waals surface area contributed by atoms with E-state index in [1.807, 2.05) is 20.8 Å². The molecule has 2 saturated heterocycles. The van der Waals surface area contributed by atoms with E-state index in [9.17, 15) is 9.59 Å². The van der Waals surface area contributed by atoms with Gasteiger partial charge in [0.2, 0.25) is 0 Å². The number of aryl methyl sites for hydroxylation is 1. The third-order valence-electron chi connectivity index (χ3n) is 5.55. The lowest BCUT2D eigenvalue weighted by Crippen LogP contribution is -2.44. The van der Waals surface area contributed by atoms with Gasteiger partial charge in [-0.1, -0.05) is 0 Å². The summed E-state index contributed by atoms with van der Waals surface area (Å²) < 4.78 is 8.69. The quantitative estimate of drug-likeness (QED) is 0.811. The third-order valence-corrected chi connectivity index (χ3v) is 6.85. The zero-order valence-electron chi connectivity index (χ0n) is 16.8. The number of hydrogen-bond acceptors (Lipinski definition) is 5. The molecule has 2 fully saturated rings. The van der Waals surface area contributed by atoms with Gasteiger partial charge in [0.05, 0.1) is 24.6 Å². The molecule has 0 bridgehead atoms. The minimum atomic E-state index is -0.241. The number of aliphatic imine (C=N–C) groups is 1. The lowest BCUT2D eigenvalue weighted by molar-refractivity contribution is -0.0593. The second-order valence-corrected chi connectivity index (χ2v) is 8.75. The van der Waals surface area contributed by atoms with Crippen LogP contribution in [-0.4, -0.2) is 52.8 Å². The highest BCUT2D eigenvalue weighted by molar-refractivity contribution is 7.18. The number of nitrogens with one attached hydrogen (secondary N) is 1. The monoisotopic (exact) mass is 405 g/mol. The molecule has 1 atom stereocenters. The first kappa shape index (κ1) is 19.2. The molecule has 9 heteroatoms. The highest BCUT2D eigenvalue weighted by atomic mass is 32.1. The van der Waals surface area contributed by atoms with Gasteiger partial charge in [-0.25, -0.2) is 4.79 Å². The van der Waals surface area contributed by atoms with Crippen LogP contribution in [0.25, 0.3) is 10.2 Å². The third kappa shape index (κ3) is 3.06.